The number of carbonyl (C=O) groups excluding carboxylic acids is 1. The van der Waals surface area contributed by atoms with Crippen LogP contribution in [0, 0.1) is 0 Å². The summed E-state index contributed by atoms with van der Waals surface area (Å²) < 4.78 is 10.4. The van der Waals surface area contributed by atoms with Crippen LogP contribution in [0.3, 0.4) is 0 Å². The van der Waals surface area contributed by atoms with E-state index in [9.17, 15) is 4.79 Å². The Bertz CT molecular complexity index is 352. The lowest BCUT2D eigenvalue weighted by atomic mass is 10.0. The summed E-state index contributed by atoms with van der Waals surface area (Å²) in [6, 6.07) is 5.65. The summed E-state index contributed by atoms with van der Waals surface area (Å²) in [5.41, 5.74) is 1.01. The highest BCUT2D eigenvalue weighted by Gasteiger charge is 2.11. The summed E-state index contributed by atoms with van der Waals surface area (Å²) in [5.74, 6) is 1.36. The van der Waals surface area contributed by atoms with Gasteiger partial charge in [0.05, 0.1) is 14.2 Å². The van der Waals surface area contributed by atoms with Gasteiger partial charge in [-0.3, -0.25) is 0 Å². The van der Waals surface area contributed by atoms with Crippen molar-refractivity contribution in [1.29, 1.82) is 0 Å². The fourth-order valence-corrected chi connectivity index (χ4v) is 1.59. The number of ether oxygens (including phenoxy) is 2. The maximum absolute atomic E-state index is 10.5. The van der Waals surface area contributed by atoms with E-state index >= 15 is 0 Å². The van der Waals surface area contributed by atoms with Crippen molar-refractivity contribution in [2.45, 2.75) is 12.5 Å². The van der Waals surface area contributed by atoms with Crippen molar-refractivity contribution in [3.8, 4) is 11.5 Å². The zero-order valence-corrected chi connectivity index (χ0v) is 9.82. The molecule has 1 rings (SSSR count). The normalized spacial score (nSPS) is 11.9. The highest BCUT2D eigenvalue weighted by Crippen LogP contribution is 2.30. The third-order valence-corrected chi connectivity index (χ3v) is 2.49. The van der Waals surface area contributed by atoms with Crippen LogP contribution in [0.2, 0.25) is 0 Å². The Balaban J connectivity index is 3.00. The molecule has 4 heteroatoms. The van der Waals surface area contributed by atoms with Gasteiger partial charge in [0.25, 0.3) is 0 Å². The molecule has 0 aliphatic rings. The van der Waals surface area contributed by atoms with Crippen LogP contribution in [0.1, 0.15) is 18.0 Å². The minimum Gasteiger partial charge on any atom is -0.493 e. The van der Waals surface area contributed by atoms with Crippen molar-refractivity contribution in [3.63, 3.8) is 0 Å². The van der Waals surface area contributed by atoms with E-state index in [-0.39, 0.29) is 6.04 Å². The van der Waals surface area contributed by atoms with Gasteiger partial charge in [-0.15, -0.1) is 0 Å². The molecule has 0 saturated heterocycles. The summed E-state index contributed by atoms with van der Waals surface area (Å²) >= 11 is 0. The van der Waals surface area contributed by atoms with Crippen LogP contribution >= 0.6 is 0 Å². The Morgan fingerprint density at radius 1 is 1.31 bits per heavy atom. The Morgan fingerprint density at radius 3 is 2.50 bits per heavy atom. The minimum absolute atomic E-state index is 0.0114. The van der Waals surface area contributed by atoms with Crippen LogP contribution in [0.25, 0.3) is 0 Å². The molecule has 0 heterocycles. The predicted octanol–water partition coefficient (Wildman–Crippen LogP) is 1.55. The van der Waals surface area contributed by atoms with Crippen molar-refractivity contribution in [2.75, 3.05) is 21.3 Å². The van der Waals surface area contributed by atoms with Crippen LogP contribution < -0.4 is 14.8 Å². The van der Waals surface area contributed by atoms with Gasteiger partial charge in [-0.2, -0.15) is 0 Å². The van der Waals surface area contributed by atoms with E-state index in [0.717, 1.165) is 11.8 Å². The second-order valence-electron chi connectivity index (χ2n) is 3.36. The van der Waals surface area contributed by atoms with Gasteiger partial charge in [-0.25, -0.2) is 0 Å². The van der Waals surface area contributed by atoms with Gasteiger partial charge in [-0.05, 0) is 24.7 Å². The first kappa shape index (κ1) is 12.5. The molecule has 16 heavy (non-hydrogen) atoms. The van der Waals surface area contributed by atoms with E-state index in [2.05, 4.69) is 5.32 Å². The minimum atomic E-state index is 0.0114. The van der Waals surface area contributed by atoms with E-state index in [1.165, 1.54) is 0 Å². The van der Waals surface area contributed by atoms with E-state index < -0.39 is 0 Å². The smallest absolute Gasteiger partial charge is 0.161 e. The van der Waals surface area contributed by atoms with E-state index in [0.29, 0.717) is 17.9 Å². The highest BCUT2D eigenvalue weighted by atomic mass is 16.5. The second kappa shape index (κ2) is 6.12. The molecule has 0 saturated carbocycles. The molecular weight excluding hydrogens is 206 g/mol. The topological polar surface area (TPSA) is 47.6 Å². The Morgan fingerprint density at radius 2 is 2.00 bits per heavy atom. The molecule has 1 atom stereocenters. The Hall–Kier alpha value is -1.55. The molecule has 0 aliphatic carbocycles. The SMILES string of the molecule is CNC(CC=O)c1ccc(OC)c(OC)c1. The van der Waals surface area contributed by atoms with E-state index in [1.807, 2.05) is 25.2 Å². The molecular formula is C12H17NO3. The lowest BCUT2D eigenvalue weighted by Gasteiger charge is -2.16. The number of aldehydes is 1. The third kappa shape index (κ3) is 2.73. The van der Waals surface area contributed by atoms with Gasteiger partial charge in [-0.1, -0.05) is 6.07 Å². The van der Waals surface area contributed by atoms with Crippen LogP contribution in [-0.2, 0) is 4.79 Å². The number of nitrogens with one attached hydrogen (secondary N) is 1. The summed E-state index contributed by atoms with van der Waals surface area (Å²) in [6.45, 7) is 0. The maximum atomic E-state index is 10.5. The number of benzene rings is 1. The van der Waals surface area contributed by atoms with Gasteiger partial charge in [0, 0.05) is 12.5 Å². The van der Waals surface area contributed by atoms with Gasteiger partial charge in [0.2, 0.25) is 0 Å². The quantitative estimate of drug-likeness (QED) is 0.743. The van der Waals surface area contributed by atoms with Gasteiger partial charge >= 0.3 is 0 Å². The summed E-state index contributed by atoms with van der Waals surface area (Å²) in [6.07, 6.45) is 1.34. The lowest BCUT2D eigenvalue weighted by molar-refractivity contribution is -0.108. The molecule has 4 nitrogen and oxygen atoms in total. The molecule has 0 bridgehead atoms. The Labute approximate surface area is 95.6 Å². The third-order valence-electron chi connectivity index (χ3n) is 2.49. The molecule has 0 amide bonds. The molecule has 88 valence electrons. The largest absolute Gasteiger partial charge is 0.493 e. The van der Waals surface area contributed by atoms with Crippen molar-refractivity contribution >= 4 is 6.29 Å². The van der Waals surface area contributed by atoms with Gasteiger partial charge in [0.1, 0.15) is 6.29 Å². The number of methoxy groups -OCH3 is 2. The van der Waals surface area contributed by atoms with Gasteiger partial charge in [0.15, 0.2) is 11.5 Å². The first-order valence-corrected chi connectivity index (χ1v) is 5.09. The predicted molar refractivity (Wildman–Crippen MR) is 62.0 cm³/mol. The molecule has 1 N–H and O–H groups in total. The number of hydrogen-bond acceptors (Lipinski definition) is 4. The molecule has 0 fully saturated rings. The highest BCUT2D eigenvalue weighted by molar-refractivity contribution is 5.52. The molecule has 1 aromatic carbocycles. The first-order valence-electron chi connectivity index (χ1n) is 5.09. The van der Waals surface area contributed by atoms with Gasteiger partial charge < -0.3 is 19.6 Å². The molecule has 0 aliphatic heterocycles. The molecule has 0 aromatic heterocycles. The zero-order valence-electron chi connectivity index (χ0n) is 9.82. The van der Waals surface area contributed by atoms with Crippen molar-refractivity contribution in [2.24, 2.45) is 0 Å². The van der Waals surface area contributed by atoms with Crippen LogP contribution in [-0.4, -0.2) is 27.6 Å². The average Bonchev–Trinajstić information content (AvgIpc) is 2.35. The molecule has 0 spiro atoms. The molecule has 1 unspecified atom stereocenters. The number of carbonyl (C=O) groups is 1. The number of hydrogen-bond donors (Lipinski definition) is 1. The second-order valence-corrected chi connectivity index (χ2v) is 3.36. The summed E-state index contributed by atoms with van der Waals surface area (Å²) in [4.78, 5) is 10.5. The van der Waals surface area contributed by atoms with Crippen molar-refractivity contribution in [1.82, 2.24) is 5.32 Å². The van der Waals surface area contributed by atoms with Crippen molar-refractivity contribution < 1.29 is 14.3 Å². The number of rotatable bonds is 6. The van der Waals surface area contributed by atoms with Crippen LogP contribution in [0.4, 0.5) is 0 Å². The van der Waals surface area contributed by atoms with Crippen molar-refractivity contribution in [3.05, 3.63) is 23.8 Å². The Kier molecular flexibility index (Phi) is 4.79. The first-order chi connectivity index (χ1) is 7.76. The average molecular weight is 223 g/mol. The zero-order chi connectivity index (χ0) is 12.0. The lowest BCUT2D eigenvalue weighted by Crippen LogP contribution is -2.16. The summed E-state index contributed by atoms with van der Waals surface area (Å²) in [5, 5.41) is 3.08. The summed E-state index contributed by atoms with van der Waals surface area (Å²) in [7, 11) is 5.01. The van der Waals surface area contributed by atoms with E-state index in [1.54, 1.807) is 14.2 Å². The van der Waals surface area contributed by atoms with Crippen LogP contribution in [0.15, 0.2) is 18.2 Å². The fourth-order valence-electron chi connectivity index (χ4n) is 1.59. The van der Waals surface area contributed by atoms with E-state index in [4.69, 9.17) is 9.47 Å². The van der Waals surface area contributed by atoms with Crippen LogP contribution in [0.5, 0.6) is 11.5 Å². The monoisotopic (exact) mass is 223 g/mol. The molecule has 1 aromatic rings. The fraction of sp³-hybridized carbons (Fsp3) is 0.417. The standard InChI is InChI=1S/C12H17NO3/c1-13-10(6-7-14)9-4-5-11(15-2)12(8-9)16-3/h4-5,7-8,10,13H,6H2,1-3H3. The molecule has 0 radical (unpaired) electrons. The maximum Gasteiger partial charge on any atom is 0.161 e.